The minimum Gasteiger partial charge on any atom is -0.369 e. The highest BCUT2D eigenvalue weighted by molar-refractivity contribution is 6.00. The number of alkyl halides is 6. The summed E-state index contributed by atoms with van der Waals surface area (Å²) in [7, 11) is 0. The van der Waals surface area contributed by atoms with Gasteiger partial charge < -0.3 is 4.84 Å². The van der Waals surface area contributed by atoms with Gasteiger partial charge in [0.25, 0.3) is 0 Å². The number of pyridine rings is 1. The van der Waals surface area contributed by atoms with E-state index in [-0.39, 0.29) is 23.3 Å². The maximum atomic E-state index is 14.0. The zero-order chi connectivity index (χ0) is 22.0. The fourth-order valence-electron chi connectivity index (χ4n) is 1.99. The molecular weight excluding hydrogens is 415 g/mol. The van der Waals surface area contributed by atoms with Gasteiger partial charge in [0.1, 0.15) is 0 Å². The Bertz CT molecular complexity index is 896. The molecule has 0 unspecified atom stereocenters. The van der Waals surface area contributed by atoms with Gasteiger partial charge in [-0.2, -0.15) is 26.3 Å². The summed E-state index contributed by atoms with van der Waals surface area (Å²) in [6, 6.07) is 0.586. The summed E-state index contributed by atoms with van der Waals surface area (Å²) in [6.45, 7) is 0.886. The van der Waals surface area contributed by atoms with Crippen molar-refractivity contribution in [1.29, 1.82) is 0 Å². The van der Waals surface area contributed by atoms with Crippen LogP contribution in [0.3, 0.4) is 0 Å². The number of carbonyl (C=O) groups is 2. The summed E-state index contributed by atoms with van der Waals surface area (Å²) in [5, 5.41) is 1.57. The second-order valence-corrected chi connectivity index (χ2v) is 5.42. The zero-order valence-corrected chi connectivity index (χ0v) is 14.2. The minimum absolute atomic E-state index is 0.0770. The van der Waals surface area contributed by atoms with Crippen molar-refractivity contribution in [2.45, 2.75) is 19.3 Å². The lowest BCUT2D eigenvalue weighted by molar-refractivity contribution is -0.143. The molecule has 6 nitrogen and oxygen atoms in total. The van der Waals surface area contributed by atoms with Crippen molar-refractivity contribution in [1.82, 2.24) is 10.3 Å². The van der Waals surface area contributed by atoms with E-state index in [9.17, 15) is 40.3 Å². The fraction of sp³-hybridized carbons (Fsp3) is 0.188. The lowest BCUT2D eigenvalue weighted by atomic mass is 10.1. The largest absolute Gasteiger partial charge is 0.416 e. The maximum absolute atomic E-state index is 14.0. The molecule has 0 aliphatic rings. The molecular formula is C16H10F7N3O3. The van der Waals surface area contributed by atoms with Gasteiger partial charge in [-0.25, -0.2) is 14.2 Å². The van der Waals surface area contributed by atoms with E-state index in [1.54, 1.807) is 5.32 Å². The summed E-state index contributed by atoms with van der Waals surface area (Å²) in [4.78, 5) is 31.4. The van der Waals surface area contributed by atoms with E-state index < -0.39 is 52.8 Å². The molecule has 2 rings (SSSR count). The Morgan fingerprint density at radius 1 is 1.03 bits per heavy atom. The second kappa shape index (κ2) is 7.93. The summed E-state index contributed by atoms with van der Waals surface area (Å²) < 4.78 is 91.7. The second-order valence-electron chi connectivity index (χ2n) is 5.42. The van der Waals surface area contributed by atoms with Gasteiger partial charge in [0.2, 0.25) is 11.7 Å². The number of halogens is 7. The van der Waals surface area contributed by atoms with Crippen LogP contribution < -0.4 is 15.2 Å². The van der Waals surface area contributed by atoms with Crippen LogP contribution in [0, 0.1) is 5.82 Å². The zero-order valence-electron chi connectivity index (χ0n) is 14.2. The van der Waals surface area contributed by atoms with Crippen molar-refractivity contribution in [2.24, 2.45) is 0 Å². The molecule has 0 aliphatic heterocycles. The minimum atomic E-state index is -5.18. The Balaban J connectivity index is 2.56. The standard InChI is InChI=1S/C16H10F7N3O3/c1-8(27)25-14(28)26(13-12(17)3-2-4-24-13)29-11-6-9(15(18,19)20)5-10(7-11)16(21,22)23/h2-7H,1H3,(H,25,27,28). The van der Waals surface area contributed by atoms with E-state index in [1.165, 1.54) is 0 Å². The third-order valence-corrected chi connectivity index (χ3v) is 3.16. The Morgan fingerprint density at radius 3 is 2.03 bits per heavy atom. The quantitative estimate of drug-likeness (QED) is 0.588. The molecule has 0 atom stereocenters. The summed E-state index contributed by atoms with van der Waals surface area (Å²) in [6.07, 6.45) is -9.38. The van der Waals surface area contributed by atoms with E-state index in [1.807, 2.05) is 0 Å². The number of benzene rings is 1. The molecule has 13 heteroatoms. The number of carbonyl (C=O) groups excluding carboxylic acids is 2. The SMILES string of the molecule is CC(=O)NC(=O)N(Oc1cc(C(F)(F)F)cc(C(F)(F)F)c1)c1ncccc1F. The molecule has 0 bridgehead atoms. The number of amides is 3. The molecule has 0 radical (unpaired) electrons. The molecule has 1 aromatic heterocycles. The molecule has 0 saturated carbocycles. The van der Waals surface area contributed by atoms with E-state index in [2.05, 4.69) is 4.98 Å². The van der Waals surface area contributed by atoms with Gasteiger partial charge in [-0.05, 0) is 30.3 Å². The van der Waals surface area contributed by atoms with Gasteiger partial charge >= 0.3 is 18.4 Å². The van der Waals surface area contributed by atoms with Crippen LogP contribution in [-0.4, -0.2) is 16.9 Å². The number of imide groups is 1. The highest BCUT2D eigenvalue weighted by Gasteiger charge is 2.38. The predicted octanol–water partition coefficient (Wildman–Crippen LogP) is 4.31. The Morgan fingerprint density at radius 2 is 1.59 bits per heavy atom. The molecule has 156 valence electrons. The molecule has 1 N–H and O–H groups in total. The molecule has 1 aromatic carbocycles. The van der Waals surface area contributed by atoms with Gasteiger partial charge in [0.05, 0.1) is 11.1 Å². The molecule has 0 spiro atoms. The lowest BCUT2D eigenvalue weighted by Crippen LogP contribution is -2.45. The topological polar surface area (TPSA) is 71.5 Å². The van der Waals surface area contributed by atoms with Crippen LogP contribution in [0.5, 0.6) is 5.75 Å². The van der Waals surface area contributed by atoms with Crippen molar-refractivity contribution in [3.05, 3.63) is 53.5 Å². The number of urea groups is 1. The Hall–Kier alpha value is -3.38. The van der Waals surface area contributed by atoms with E-state index in [0.717, 1.165) is 25.3 Å². The number of hydrogen-bond acceptors (Lipinski definition) is 4. The summed E-state index contributed by atoms with van der Waals surface area (Å²) in [5.41, 5.74) is -3.45. The molecule has 3 amide bonds. The van der Waals surface area contributed by atoms with Gasteiger partial charge in [-0.3, -0.25) is 10.1 Å². The monoisotopic (exact) mass is 425 g/mol. The van der Waals surface area contributed by atoms with Gasteiger partial charge in [-0.1, -0.05) is 0 Å². The number of anilines is 1. The van der Waals surface area contributed by atoms with Crippen LogP contribution in [0.2, 0.25) is 0 Å². The van der Waals surface area contributed by atoms with Crippen molar-refractivity contribution in [3.8, 4) is 5.75 Å². The van der Waals surface area contributed by atoms with Crippen molar-refractivity contribution < 1.29 is 45.2 Å². The highest BCUT2D eigenvalue weighted by atomic mass is 19.4. The molecule has 0 saturated heterocycles. The van der Waals surface area contributed by atoms with Gasteiger partial charge in [0.15, 0.2) is 11.6 Å². The van der Waals surface area contributed by atoms with Crippen LogP contribution in [-0.2, 0) is 17.1 Å². The first-order chi connectivity index (χ1) is 13.3. The fourth-order valence-corrected chi connectivity index (χ4v) is 1.99. The van der Waals surface area contributed by atoms with Crippen molar-refractivity contribution in [3.63, 3.8) is 0 Å². The van der Waals surface area contributed by atoms with Crippen LogP contribution >= 0.6 is 0 Å². The summed E-state index contributed by atoms with van der Waals surface area (Å²) in [5.74, 6) is -4.16. The van der Waals surface area contributed by atoms with Crippen LogP contribution in [0.1, 0.15) is 18.1 Å². The first kappa shape index (κ1) is 21.9. The lowest BCUT2D eigenvalue weighted by Gasteiger charge is -2.22. The third kappa shape index (κ3) is 5.56. The average Bonchev–Trinajstić information content (AvgIpc) is 2.58. The number of hydroxylamine groups is 1. The molecule has 29 heavy (non-hydrogen) atoms. The van der Waals surface area contributed by atoms with Crippen LogP contribution in [0.25, 0.3) is 0 Å². The molecule has 1 heterocycles. The van der Waals surface area contributed by atoms with Crippen LogP contribution in [0.15, 0.2) is 36.5 Å². The number of nitrogens with one attached hydrogen (secondary N) is 1. The predicted molar refractivity (Wildman–Crippen MR) is 83.0 cm³/mol. The third-order valence-electron chi connectivity index (χ3n) is 3.16. The number of nitrogens with zero attached hydrogens (tertiary/aromatic N) is 2. The first-order valence-electron chi connectivity index (χ1n) is 7.48. The number of rotatable bonds is 3. The Kier molecular flexibility index (Phi) is 5.99. The van der Waals surface area contributed by atoms with E-state index >= 15 is 0 Å². The maximum Gasteiger partial charge on any atom is 0.416 e. The number of aromatic nitrogens is 1. The normalized spacial score (nSPS) is 11.7. The van der Waals surface area contributed by atoms with Crippen LogP contribution in [0.4, 0.5) is 41.3 Å². The Labute approximate surface area is 157 Å². The van der Waals surface area contributed by atoms with Crippen molar-refractivity contribution in [2.75, 3.05) is 5.06 Å². The number of hydrogen-bond donors (Lipinski definition) is 1. The highest BCUT2D eigenvalue weighted by Crippen LogP contribution is 2.38. The van der Waals surface area contributed by atoms with Gasteiger partial charge in [-0.15, -0.1) is 5.06 Å². The van der Waals surface area contributed by atoms with Gasteiger partial charge in [0, 0.05) is 13.1 Å². The molecule has 0 fully saturated rings. The average molecular weight is 425 g/mol. The van der Waals surface area contributed by atoms with E-state index in [4.69, 9.17) is 4.84 Å². The summed E-state index contributed by atoms with van der Waals surface area (Å²) >= 11 is 0. The van der Waals surface area contributed by atoms with E-state index in [0.29, 0.717) is 0 Å². The molecule has 0 aliphatic carbocycles. The molecule has 2 aromatic rings. The first-order valence-corrected chi connectivity index (χ1v) is 7.48. The van der Waals surface area contributed by atoms with Crippen molar-refractivity contribution >= 4 is 17.8 Å². The smallest absolute Gasteiger partial charge is 0.369 e.